The number of carbonyl (C=O) groups is 1. The molecule has 2 heteroatoms. The Hall–Kier alpha value is -0.890. The van der Waals surface area contributed by atoms with E-state index in [1.807, 2.05) is 20.8 Å². The molecule has 0 fully saturated rings. The van der Waals surface area contributed by atoms with Crippen LogP contribution in [0.4, 0.5) is 0 Å². The van der Waals surface area contributed by atoms with E-state index in [0.717, 1.165) is 17.6 Å². The summed E-state index contributed by atoms with van der Waals surface area (Å²) in [5.74, 6) is 0.148. The van der Waals surface area contributed by atoms with Crippen molar-refractivity contribution in [1.29, 1.82) is 0 Å². The van der Waals surface area contributed by atoms with Gasteiger partial charge in [0.2, 0.25) is 0 Å². The van der Waals surface area contributed by atoms with Gasteiger partial charge in [0.15, 0.2) is 11.4 Å². The highest BCUT2D eigenvalue weighted by atomic mass is 16.5. The molecule has 0 aliphatic heterocycles. The molecule has 2 nitrogen and oxygen atoms in total. The first-order chi connectivity index (χ1) is 7.00. The fraction of sp³-hybridized carbons (Fsp3) is 0.615. The molecule has 0 saturated carbocycles. The van der Waals surface area contributed by atoms with E-state index in [-0.39, 0.29) is 5.78 Å². The monoisotopic (exact) mass is 208 g/mol. The molecule has 15 heavy (non-hydrogen) atoms. The van der Waals surface area contributed by atoms with Crippen molar-refractivity contribution in [2.45, 2.75) is 46.1 Å². The number of carbonyl (C=O) groups excluding carboxylic acids is 1. The summed E-state index contributed by atoms with van der Waals surface area (Å²) in [5, 5.41) is 0. The van der Waals surface area contributed by atoms with E-state index in [1.165, 1.54) is 5.57 Å². The molecule has 0 heterocycles. The number of hydrogen-bond donors (Lipinski definition) is 0. The van der Waals surface area contributed by atoms with Gasteiger partial charge in [-0.25, -0.2) is 0 Å². The van der Waals surface area contributed by atoms with E-state index in [2.05, 4.69) is 13.0 Å². The summed E-state index contributed by atoms with van der Waals surface area (Å²) < 4.78 is 5.55. The van der Waals surface area contributed by atoms with Gasteiger partial charge < -0.3 is 4.74 Å². The first-order valence-corrected chi connectivity index (χ1v) is 5.43. The van der Waals surface area contributed by atoms with Crippen LogP contribution >= 0.6 is 0 Å². The van der Waals surface area contributed by atoms with Crippen molar-refractivity contribution >= 4 is 5.78 Å². The van der Waals surface area contributed by atoms with E-state index in [1.54, 1.807) is 7.11 Å². The number of ketones is 1. The first-order valence-electron chi connectivity index (χ1n) is 5.43. The van der Waals surface area contributed by atoms with Gasteiger partial charge in [-0.3, -0.25) is 4.79 Å². The van der Waals surface area contributed by atoms with Crippen molar-refractivity contribution in [1.82, 2.24) is 0 Å². The van der Waals surface area contributed by atoms with Crippen molar-refractivity contribution in [2.75, 3.05) is 7.11 Å². The number of allylic oxidation sites excluding steroid dienone is 2. The average Bonchev–Trinajstić information content (AvgIpc) is 2.25. The van der Waals surface area contributed by atoms with Crippen LogP contribution in [0.2, 0.25) is 0 Å². The smallest absolute Gasteiger partial charge is 0.172 e. The fourth-order valence-electron chi connectivity index (χ4n) is 2.31. The summed E-state index contributed by atoms with van der Waals surface area (Å²) >= 11 is 0. The summed E-state index contributed by atoms with van der Waals surface area (Å²) in [6.07, 6.45) is 3.53. The van der Waals surface area contributed by atoms with Crippen molar-refractivity contribution < 1.29 is 9.53 Å². The van der Waals surface area contributed by atoms with Gasteiger partial charge in [-0.15, -0.1) is 0 Å². The Morgan fingerprint density at radius 1 is 1.47 bits per heavy atom. The zero-order chi connectivity index (χ0) is 11.6. The maximum atomic E-state index is 12.1. The Kier molecular flexibility index (Phi) is 3.50. The Morgan fingerprint density at radius 3 is 2.53 bits per heavy atom. The molecule has 1 unspecified atom stereocenters. The van der Waals surface area contributed by atoms with Gasteiger partial charge in [0.1, 0.15) is 0 Å². The van der Waals surface area contributed by atoms with E-state index in [4.69, 9.17) is 4.74 Å². The Balaban J connectivity index is 3.31. The lowest BCUT2D eigenvalue weighted by Gasteiger charge is -2.36. The zero-order valence-corrected chi connectivity index (χ0v) is 10.3. The summed E-state index contributed by atoms with van der Waals surface area (Å²) in [6.45, 7) is 7.93. The molecule has 0 aromatic heterocycles. The van der Waals surface area contributed by atoms with Gasteiger partial charge in [0.25, 0.3) is 0 Å². The topological polar surface area (TPSA) is 26.3 Å². The molecule has 0 N–H and O–H groups in total. The number of Topliss-reactive ketones (excluding diaryl/α,β-unsaturated/α-hetero) is 1. The largest absolute Gasteiger partial charge is 0.362 e. The molecule has 0 aromatic rings. The number of ether oxygens (including phenoxy) is 1. The van der Waals surface area contributed by atoms with Crippen molar-refractivity contribution in [3.63, 3.8) is 0 Å². The third kappa shape index (κ3) is 1.67. The van der Waals surface area contributed by atoms with Crippen LogP contribution in [-0.4, -0.2) is 18.5 Å². The predicted octanol–water partition coefficient (Wildman–Crippen LogP) is 3.04. The molecule has 84 valence electrons. The third-order valence-corrected chi connectivity index (χ3v) is 3.46. The van der Waals surface area contributed by atoms with Crippen LogP contribution in [0.15, 0.2) is 22.8 Å². The van der Waals surface area contributed by atoms with Crippen LogP contribution in [0.1, 0.15) is 40.5 Å². The van der Waals surface area contributed by atoms with Crippen LogP contribution < -0.4 is 0 Å². The van der Waals surface area contributed by atoms with Crippen molar-refractivity contribution in [3.05, 3.63) is 22.8 Å². The van der Waals surface area contributed by atoms with Gasteiger partial charge >= 0.3 is 0 Å². The second kappa shape index (κ2) is 4.31. The number of rotatable bonds is 3. The lowest BCUT2D eigenvalue weighted by Crippen LogP contribution is -2.44. The lowest BCUT2D eigenvalue weighted by atomic mass is 9.76. The molecule has 0 spiro atoms. The van der Waals surface area contributed by atoms with Crippen LogP contribution in [-0.2, 0) is 9.53 Å². The molecule has 1 atom stereocenters. The van der Waals surface area contributed by atoms with Crippen LogP contribution in [0.5, 0.6) is 0 Å². The fourth-order valence-corrected chi connectivity index (χ4v) is 2.31. The minimum absolute atomic E-state index is 0.148. The van der Waals surface area contributed by atoms with E-state index < -0.39 is 5.60 Å². The summed E-state index contributed by atoms with van der Waals surface area (Å²) in [5.41, 5.74) is 2.55. The van der Waals surface area contributed by atoms with Gasteiger partial charge in [0.05, 0.1) is 0 Å². The molecular weight excluding hydrogens is 188 g/mol. The third-order valence-electron chi connectivity index (χ3n) is 3.46. The SMILES string of the molecule is CCC(=O)C1(OC)C(C)=CCC(C)=C1C. The van der Waals surface area contributed by atoms with Crippen LogP contribution in [0.25, 0.3) is 0 Å². The normalized spacial score (nSPS) is 26.6. The highest BCUT2D eigenvalue weighted by Gasteiger charge is 2.42. The minimum atomic E-state index is -0.781. The van der Waals surface area contributed by atoms with Gasteiger partial charge in [-0.1, -0.05) is 18.6 Å². The zero-order valence-electron chi connectivity index (χ0n) is 10.3. The molecule has 0 aromatic carbocycles. The highest BCUT2D eigenvalue weighted by Crippen LogP contribution is 2.37. The second-order valence-electron chi connectivity index (χ2n) is 4.16. The summed E-state index contributed by atoms with van der Waals surface area (Å²) in [7, 11) is 1.62. The lowest BCUT2D eigenvalue weighted by molar-refractivity contribution is -0.133. The van der Waals surface area contributed by atoms with Crippen LogP contribution in [0.3, 0.4) is 0 Å². The van der Waals surface area contributed by atoms with Crippen LogP contribution in [0, 0.1) is 0 Å². The Bertz CT molecular complexity index is 336. The minimum Gasteiger partial charge on any atom is -0.362 e. The van der Waals surface area contributed by atoms with E-state index >= 15 is 0 Å². The standard InChI is InChI=1S/C13H20O2/c1-6-12(14)13(15-5)10(3)8-7-9(2)11(13)4/h8H,6-7H2,1-5H3. The molecular formula is C13H20O2. The molecule has 0 saturated heterocycles. The quantitative estimate of drug-likeness (QED) is 0.666. The van der Waals surface area contributed by atoms with Gasteiger partial charge in [-0.05, 0) is 38.3 Å². The second-order valence-corrected chi connectivity index (χ2v) is 4.16. The van der Waals surface area contributed by atoms with Crippen molar-refractivity contribution in [2.24, 2.45) is 0 Å². The predicted molar refractivity (Wildman–Crippen MR) is 61.8 cm³/mol. The van der Waals surface area contributed by atoms with E-state index in [0.29, 0.717) is 6.42 Å². The molecule has 1 rings (SSSR count). The average molecular weight is 208 g/mol. The Morgan fingerprint density at radius 2 is 2.07 bits per heavy atom. The number of methoxy groups -OCH3 is 1. The highest BCUT2D eigenvalue weighted by molar-refractivity contribution is 5.94. The maximum Gasteiger partial charge on any atom is 0.172 e. The first kappa shape index (κ1) is 12.2. The van der Waals surface area contributed by atoms with Gasteiger partial charge in [-0.2, -0.15) is 0 Å². The molecule has 0 bridgehead atoms. The van der Waals surface area contributed by atoms with Crippen molar-refractivity contribution in [3.8, 4) is 0 Å². The summed E-state index contributed by atoms with van der Waals surface area (Å²) in [6, 6.07) is 0. The molecule has 0 radical (unpaired) electrons. The summed E-state index contributed by atoms with van der Waals surface area (Å²) in [4.78, 5) is 12.1. The maximum absolute atomic E-state index is 12.1. The Labute approximate surface area is 92.0 Å². The number of hydrogen-bond acceptors (Lipinski definition) is 2. The van der Waals surface area contributed by atoms with Gasteiger partial charge in [0, 0.05) is 13.5 Å². The molecule has 1 aliphatic rings. The molecule has 0 amide bonds. The molecule has 1 aliphatic carbocycles. The van der Waals surface area contributed by atoms with E-state index in [9.17, 15) is 4.79 Å².